The molecule has 6 nitrogen and oxygen atoms in total. The van der Waals surface area contributed by atoms with Crippen LogP contribution in [0.2, 0.25) is 0 Å². The van der Waals surface area contributed by atoms with Crippen molar-refractivity contribution in [2.75, 3.05) is 13.2 Å². The Morgan fingerprint density at radius 3 is 2.47 bits per heavy atom. The number of aliphatic hydroxyl groups excluding tert-OH is 3. The van der Waals surface area contributed by atoms with Gasteiger partial charge in [0.1, 0.15) is 12.2 Å². The molecular weight excluding hydrogens is 252 g/mol. The van der Waals surface area contributed by atoms with E-state index in [4.69, 9.17) is 14.2 Å². The summed E-state index contributed by atoms with van der Waals surface area (Å²) in [6, 6.07) is 9.22. The second-order valence-corrected chi connectivity index (χ2v) is 4.74. The third-order valence-corrected chi connectivity index (χ3v) is 3.64. The van der Waals surface area contributed by atoms with Gasteiger partial charge in [0.2, 0.25) is 0 Å². The molecule has 2 aliphatic rings. The molecule has 19 heavy (non-hydrogen) atoms. The Morgan fingerprint density at radius 2 is 1.84 bits per heavy atom. The van der Waals surface area contributed by atoms with Crippen molar-refractivity contribution in [2.24, 2.45) is 0 Å². The first-order valence-electron chi connectivity index (χ1n) is 6.15. The number of aliphatic hydroxyl groups is 3. The average molecular weight is 268 g/mol. The predicted octanol–water partition coefficient (Wildman–Crippen LogP) is -0.459. The third kappa shape index (κ3) is 1.88. The fraction of sp³-hybridized carbons (Fsp3) is 0.538. The van der Waals surface area contributed by atoms with Gasteiger partial charge in [0.05, 0.1) is 13.2 Å². The molecule has 0 saturated carbocycles. The zero-order valence-corrected chi connectivity index (χ0v) is 10.2. The number of hydrogen-bond donors (Lipinski definition) is 3. The summed E-state index contributed by atoms with van der Waals surface area (Å²) in [6.45, 7) is -0.757. The van der Waals surface area contributed by atoms with E-state index >= 15 is 0 Å². The Morgan fingerprint density at radius 1 is 1.11 bits per heavy atom. The second kappa shape index (κ2) is 4.82. The predicted molar refractivity (Wildman–Crippen MR) is 62.9 cm³/mol. The maximum Gasteiger partial charge on any atom is 0.189 e. The fourth-order valence-corrected chi connectivity index (χ4v) is 2.60. The van der Waals surface area contributed by atoms with E-state index in [1.807, 2.05) is 30.3 Å². The molecule has 0 aliphatic carbocycles. The van der Waals surface area contributed by atoms with Crippen LogP contribution in [-0.4, -0.2) is 52.6 Å². The Kier molecular flexibility index (Phi) is 3.30. The van der Waals surface area contributed by atoms with Gasteiger partial charge < -0.3 is 29.5 Å². The van der Waals surface area contributed by atoms with Gasteiger partial charge in [-0.25, -0.2) is 0 Å². The normalized spacial score (nSPS) is 41.4. The number of hydrogen-bond acceptors (Lipinski definition) is 6. The van der Waals surface area contributed by atoms with E-state index in [1.54, 1.807) is 0 Å². The molecule has 2 aliphatic heterocycles. The van der Waals surface area contributed by atoms with Gasteiger partial charge >= 0.3 is 0 Å². The Bertz CT molecular complexity index is 438. The summed E-state index contributed by atoms with van der Waals surface area (Å²) >= 11 is 0. The van der Waals surface area contributed by atoms with Crippen molar-refractivity contribution in [3.8, 4) is 0 Å². The van der Waals surface area contributed by atoms with Gasteiger partial charge in [-0.05, 0) is 0 Å². The van der Waals surface area contributed by atoms with Crippen LogP contribution in [0.1, 0.15) is 11.9 Å². The van der Waals surface area contributed by atoms with Crippen molar-refractivity contribution in [3.05, 3.63) is 35.9 Å². The molecule has 104 valence electrons. The van der Waals surface area contributed by atoms with Crippen molar-refractivity contribution >= 4 is 0 Å². The van der Waals surface area contributed by atoms with Gasteiger partial charge in [-0.15, -0.1) is 0 Å². The van der Waals surface area contributed by atoms with Gasteiger partial charge in [0.15, 0.2) is 18.2 Å². The van der Waals surface area contributed by atoms with Crippen LogP contribution in [0, 0.1) is 0 Å². The zero-order chi connectivity index (χ0) is 13.5. The fourth-order valence-electron chi connectivity index (χ4n) is 2.60. The summed E-state index contributed by atoms with van der Waals surface area (Å²) in [5.41, 5.74) is -0.554. The van der Waals surface area contributed by atoms with Crippen LogP contribution in [0.5, 0.6) is 0 Å². The molecular formula is C13H16O6. The summed E-state index contributed by atoms with van der Waals surface area (Å²) in [6.07, 6.45) is -3.43. The molecule has 3 rings (SSSR count). The topological polar surface area (TPSA) is 88.4 Å². The van der Waals surface area contributed by atoms with Gasteiger partial charge in [-0.3, -0.25) is 0 Å². The van der Waals surface area contributed by atoms with Gasteiger partial charge in [-0.2, -0.15) is 0 Å². The summed E-state index contributed by atoms with van der Waals surface area (Å²) in [5.74, 6) is 0. The van der Waals surface area contributed by atoms with E-state index in [-0.39, 0.29) is 6.61 Å². The molecule has 1 aromatic rings. The van der Waals surface area contributed by atoms with Crippen LogP contribution in [0.3, 0.4) is 0 Å². The van der Waals surface area contributed by atoms with Gasteiger partial charge in [0.25, 0.3) is 0 Å². The molecule has 2 saturated heterocycles. The monoisotopic (exact) mass is 268 g/mol. The standard InChI is InChI=1S/C13H16O6/c14-6-9-10-13(7-15,12(16)17-9)19-11(18-10)8-4-2-1-3-5-8/h1-5,9-12,14-16H,6-7H2/t9-,10-,11?,12-,13-/m0/s1. The highest BCUT2D eigenvalue weighted by atomic mass is 16.8. The molecule has 1 unspecified atom stereocenters. The lowest BCUT2D eigenvalue weighted by molar-refractivity contribution is -0.226. The van der Waals surface area contributed by atoms with E-state index in [0.717, 1.165) is 5.56 Å². The molecule has 2 fully saturated rings. The molecule has 0 radical (unpaired) electrons. The van der Waals surface area contributed by atoms with Crippen LogP contribution in [0.4, 0.5) is 0 Å². The number of ether oxygens (including phenoxy) is 3. The molecule has 0 spiro atoms. The van der Waals surface area contributed by atoms with Crippen LogP contribution >= 0.6 is 0 Å². The highest BCUT2D eigenvalue weighted by molar-refractivity contribution is 5.19. The smallest absolute Gasteiger partial charge is 0.189 e. The Balaban J connectivity index is 1.89. The van der Waals surface area contributed by atoms with Crippen molar-refractivity contribution in [2.45, 2.75) is 30.4 Å². The van der Waals surface area contributed by atoms with Crippen LogP contribution in [-0.2, 0) is 14.2 Å². The molecule has 3 N–H and O–H groups in total. The SMILES string of the molecule is OC[C@@H]1O[C@H](O)[C@@]2(CO)OC(c3ccccc3)O[C@@H]12. The summed E-state index contributed by atoms with van der Waals surface area (Å²) in [5, 5.41) is 28.7. The highest BCUT2D eigenvalue weighted by Gasteiger charge is 2.63. The van der Waals surface area contributed by atoms with Crippen LogP contribution in [0.25, 0.3) is 0 Å². The van der Waals surface area contributed by atoms with E-state index in [2.05, 4.69) is 0 Å². The first-order chi connectivity index (χ1) is 9.21. The molecule has 0 aromatic heterocycles. The number of fused-ring (bicyclic) bond motifs is 1. The minimum Gasteiger partial charge on any atom is -0.394 e. The van der Waals surface area contributed by atoms with E-state index in [9.17, 15) is 15.3 Å². The summed E-state index contributed by atoms with van der Waals surface area (Å²) in [4.78, 5) is 0. The molecule has 0 bridgehead atoms. The van der Waals surface area contributed by atoms with Gasteiger partial charge in [-0.1, -0.05) is 30.3 Å². The summed E-state index contributed by atoms with van der Waals surface area (Å²) < 4.78 is 16.6. The van der Waals surface area contributed by atoms with Crippen LogP contribution < -0.4 is 0 Å². The number of benzene rings is 1. The molecule has 6 heteroatoms. The minimum absolute atomic E-state index is 0.311. The van der Waals surface area contributed by atoms with Crippen molar-refractivity contribution in [1.29, 1.82) is 0 Å². The first kappa shape index (κ1) is 13.0. The van der Waals surface area contributed by atoms with Crippen LogP contribution in [0.15, 0.2) is 30.3 Å². The van der Waals surface area contributed by atoms with Crippen molar-refractivity contribution in [1.82, 2.24) is 0 Å². The maximum atomic E-state index is 9.92. The largest absolute Gasteiger partial charge is 0.394 e. The Labute approximate surface area is 110 Å². The third-order valence-electron chi connectivity index (χ3n) is 3.64. The van der Waals surface area contributed by atoms with E-state index in [0.29, 0.717) is 0 Å². The van der Waals surface area contributed by atoms with E-state index < -0.39 is 37.0 Å². The zero-order valence-electron chi connectivity index (χ0n) is 10.2. The Hall–Kier alpha value is -1.02. The first-order valence-corrected chi connectivity index (χ1v) is 6.15. The lowest BCUT2D eigenvalue weighted by atomic mass is 9.96. The van der Waals surface area contributed by atoms with Crippen molar-refractivity contribution < 1.29 is 29.5 Å². The molecule has 5 atom stereocenters. The minimum atomic E-state index is -1.34. The summed E-state index contributed by atoms with van der Waals surface area (Å²) in [7, 11) is 0. The lowest BCUT2D eigenvalue weighted by Gasteiger charge is -2.26. The highest BCUT2D eigenvalue weighted by Crippen LogP contribution is 2.46. The second-order valence-electron chi connectivity index (χ2n) is 4.74. The molecule has 0 amide bonds. The molecule has 1 aromatic carbocycles. The van der Waals surface area contributed by atoms with E-state index in [1.165, 1.54) is 0 Å². The number of rotatable bonds is 3. The quantitative estimate of drug-likeness (QED) is 0.687. The lowest BCUT2D eigenvalue weighted by Crippen LogP contribution is -2.49. The van der Waals surface area contributed by atoms with Crippen molar-refractivity contribution in [3.63, 3.8) is 0 Å². The maximum absolute atomic E-state index is 9.92. The van der Waals surface area contributed by atoms with Gasteiger partial charge in [0, 0.05) is 5.56 Å². The molecule has 2 heterocycles. The average Bonchev–Trinajstić information content (AvgIpc) is 2.96.